The molecule has 0 heterocycles. The molecule has 0 aromatic heterocycles. The molecule has 1 aromatic carbocycles. The lowest BCUT2D eigenvalue weighted by atomic mass is 10.1. The molecule has 0 spiro atoms. The number of benzene rings is 1. The van der Waals surface area contributed by atoms with Crippen molar-refractivity contribution in [2.24, 2.45) is 0 Å². The first kappa shape index (κ1) is 17.8. The van der Waals surface area contributed by atoms with Crippen LogP contribution in [0.2, 0.25) is 0 Å². The first-order valence-corrected chi connectivity index (χ1v) is 5.76. The second-order valence-electron chi connectivity index (χ2n) is 2.61. The van der Waals surface area contributed by atoms with E-state index in [1.54, 1.807) is 12.1 Å². The molecule has 0 bridgehead atoms. The largest absolute Gasteiger partial charge is 0.465 e. The van der Waals surface area contributed by atoms with Gasteiger partial charge in [-0.2, -0.15) is 0 Å². The van der Waals surface area contributed by atoms with Crippen LogP contribution >= 0.6 is 0 Å². The number of rotatable bonds is 2. The van der Waals surface area contributed by atoms with Crippen molar-refractivity contribution >= 4 is 11.7 Å². The van der Waals surface area contributed by atoms with Crippen LogP contribution in [-0.2, 0) is 11.3 Å². The van der Waals surface area contributed by atoms with Gasteiger partial charge >= 0.3 is 5.97 Å². The van der Waals surface area contributed by atoms with Gasteiger partial charge in [0.15, 0.2) is 0 Å². The Labute approximate surface area is 103 Å². The fourth-order valence-electron chi connectivity index (χ4n) is 1.05. The number of esters is 1. The second kappa shape index (κ2) is 11.0. The first-order valence-electron chi connectivity index (χ1n) is 5.76. The minimum atomic E-state index is -0.456. The van der Waals surface area contributed by atoms with Gasteiger partial charge in [-0.25, -0.2) is 4.79 Å². The quantitative estimate of drug-likeness (QED) is 0.616. The van der Waals surface area contributed by atoms with Gasteiger partial charge in [0.05, 0.1) is 19.3 Å². The minimum absolute atomic E-state index is 0.144. The number of aliphatic hydroxyl groups excluding tert-OH is 1. The number of hydrogen-bond acceptors (Lipinski definition) is 4. The molecule has 17 heavy (non-hydrogen) atoms. The number of ether oxygens (including phenoxy) is 1. The molecular weight excluding hydrogens is 218 g/mol. The number of anilines is 1. The van der Waals surface area contributed by atoms with Gasteiger partial charge in [0.25, 0.3) is 0 Å². The van der Waals surface area contributed by atoms with E-state index in [9.17, 15) is 4.79 Å². The third-order valence-corrected chi connectivity index (χ3v) is 1.62. The van der Waals surface area contributed by atoms with Gasteiger partial charge in [-0.15, -0.1) is 0 Å². The predicted molar refractivity (Wildman–Crippen MR) is 70.8 cm³/mol. The Hall–Kier alpha value is -1.55. The maximum absolute atomic E-state index is 11.1. The summed E-state index contributed by atoms with van der Waals surface area (Å²) >= 11 is 0. The zero-order valence-corrected chi connectivity index (χ0v) is 11.3. The minimum Gasteiger partial charge on any atom is -0.465 e. The van der Waals surface area contributed by atoms with E-state index in [1.165, 1.54) is 13.2 Å². The van der Waals surface area contributed by atoms with Gasteiger partial charge in [0.2, 0.25) is 0 Å². The highest BCUT2D eigenvalue weighted by molar-refractivity contribution is 5.90. The normalized spacial score (nSPS) is 8.12. The molecule has 0 unspecified atom stereocenters. The fraction of sp³-hybridized carbons (Fsp3) is 0.462. The molecule has 4 nitrogen and oxygen atoms in total. The van der Waals surface area contributed by atoms with E-state index in [0.717, 1.165) is 0 Å². The number of nitrogens with two attached hydrogens (primary N) is 1. The van der Waals surface area contributed by atoms with E-state index in [0.29, 0.717) is 16.8 Å². The molecular formula is C13H23NO3. The molecule has 0 amide bonds. The monoisotopic (exact) mass is 241 g/mol. The summed E-state index contributed by atoms with van der Waals surface area (Å²) in [4.78, 5) is 11.1. The van der Waals surface area contributed by atoms with E-state index in [4.69, 9.17) is 10.8 Å². The van der Waals surface area contributed by atoms with E-state index < -0.39 is 5.97 Å². The summed E-state index contributed by atoms with van der Waals surface area (Å²) in [5, 5.41) is 8.83. The first-order chi connectivity index (χ1) is 8.17. The summed E-state index contributed by atoms with van der Waals surface area (Å²) in [5.41, 5.74) is 6.90. The lowest BCUT2D eigenvalue weighted by Gasteiger charge is -2.03. The molecule has 3 N–H and O–H groups in total. The van der Waals surface area contributed by atoms with E-state index in [2.05, 4.69) is 4.74 Å². The summed E-state index contributed by atoms with van der Waals surface area (Å²) in [6.07, 6.45) is 0. The van der Waals surface area contributed by atoms with Crippen molar-refractivity contribution in [1.29, 1.82) is 0 Å². The van der Waals surface area contributed by atoms with Crippen LogP contribution in [0.15, 0.2) is 18.2 Å². The zero-order chi connectivity index (χ0) is 13.8. The van der Waals surface area contributed by atoms with E-state index in [1.807, 2.05) is 27.7 Å². The molecule has 98 valence electrons. The Bertz CT molecular complexity index is 324. The molecule has 0 aliphatic rings. The van der Waals surface area contributed by atoms with Crippen molar-refractivity contribution in [1.82, 2.24) is 0 Å². The highest BCUT2D eigenvalue weighted by Crippen LogP contribution is 2.12. The van der Waals surface area contributed by atoms with E-state index in [-0.39, 0.29) is 6.61 Å². The average molecular weight is 241 g/mol. The lowest BCUT2D eigenvalue weighted by molar-refractivity contribution is 0.0600. The van der Waals surface area contributed by atoms with Crippen LogP contribution in [0.4, 0.5) is 5.69 Å². The van der Waals surface area contributed by atoms with Crippen LogP contribution in [0.5, 0.6) is 0 Å². The topological polar surface area (TPSA) is 72.5 Å². The molecule has 0 aliphatic heterocycles. The zero-order valence-electron chi connectivity index (χ0n) is 11.3. The third kappa shape index (κ3) is 6.58. The Balaban J connectivity index is 0. The molecule has 0 fully saturated rings. The number of nitrogen functional groups attached to an aromatic ring is 1. The van der Waals surface area contributed by atoms with Gasteiger partial charge in [0.1, 0.15) is 0 Å². The van der Waals surface area contributed by atoms with Gasteiger partial charge in [-0.05, 0) is 23.8 Å². The van der Waals surface area contributed by atoms with Crippen molar-refractivity contribution < 1.29 is 14.6 Å². The second-order valence-corrected chi connectivity index (χ2v) is 2.61. The number of hydrogen-bond donors (Lipinski definition) is 2. The maximum Gasteiger partial charge on any atom is 0.337 e. The smallest absolute Gasteiger partial charge is 0.337 e. The Morgan fingerprint density at radius 3 is 2.18 bits per heavy atom. The van der Waals surface area contributed by atoms with Crippen LogP contribution in [0, 0.1) is 0 Å². The summed E-state index contributed by atoms with van der Waals surface area (Å²) in [6.45, 7) is 7.86. The molecule has 0 radical (unpaired) electrons. The van der Waals surface area contributed by atoms with Gasteiger partial charge in [-0.1, -0.05) is 27.7 Å². The van der Waals surface area contributed by atoms with Crippen molar-refractivity contribution in [2.75, 3.05) is 12.8 Å². The summed E-state index contributed by atoms with van der Waals surface area (Å²) in [6, 6.07) is 4.65. The third-order valence-electron chi connectivity index (χ3n) is 1.62. The predicted octanol–water partition coefficient (Wildman–Crippen LogP) is 2.60. The maximum atomic E-state index is 11.1. The van der Waals surface area contributed by atoms with Crippen LogP contribution in [0.25, 0.3) is 0 Å². The summed E-state index contributed by atoms with van der Waals surface area (Å²) < 4.78 is 4.51. The fourth-order valence-corrected chi connectivity index (χ4v) is 1.05. The Morgan fingerprint density at radius 2 is 1.76 bits per heavy atom. The number of aliphatic hydroxyl groups is 1. The van der Waals surface area contributed by atoms with Crippen molar-refractivity contribution in [3.05, 3.63) is 29.3 Å². The molecule has 0 saturated heterocycles. The number of methoxy groups -OCH3 is 1. The van der Waals surface area contributed by atoms with Crippen molar-refractivity contribution in [2.45, 2.75) is 34.3 Å². The highest BCUT2D eigenvalue weighted by atomic mass is 16.5. The average Bonchev–Trinajstić information content (AvgIpc) is 2.41. The molecule has 4 heteroatoms. The Morgan fingerprint density at radius 1 is 1.24 bits per heavy atom. The Kier molecular flexibility index (Phi) is 11.5. The lowest BCUT2D eigenvalue weighted by Crippen LogP contribution is -2.03. The SMILES string of the molecule is CC.CC.COC(=O)c1cc(N)cc(CO)c1. The van der Waals surface area contributed by atoms with Gasteiger partial charge in [0, 0.05) is 5.69 Å². The van der Waals surface area contributed by atoms with Crippen molar-refractivity contribution in [3.8, 4) is 0 Å². The van der Waals surface area contributed by atoms with Crippen LogP contribution in [0.3, 0.4) is 0 Å². The van der Waals surface area contributed by atoms with Crippen LogP contribution < -0.4 is 5.73 Å². The molecule has 0 saturated carbocycles. The van der Waals surface area contributed by atoms with Crippen molar-refractivity contribution in [3.63, 3.8) is 0 Å². The van der Waals surface area contributed by atoms with E-state index >= 15 is 0 Å². The van der Waals surface area contributed by atoms with Gasteiger partial charge < -0.3 is 15.6 Å². The van der Waals surface area contributed by atoms with Crippen LogP contribution in [-0.4, -0.2) is 18.2 Å². The highest BCUT2D eigenvalue weighted by Gasteiger charge is 2.06. The molecule has 1 rings (SSSR count). The molecule has 0 aliphatic carbocycles. The standard InChI is InChI=1S/C9H11NO3.2C2H6/c1-13-9(12)7-2-6(5-11)3-8(10)4-7;2*1-2/h2-4,11H,5,10H2,1H3;2*1-2H3. The summed E-state index contributed by atoms with van der Waals surface area (Å²) in [7, 11) is 1.30. The number of carbonyl (C=O) groups is 1. The summed E-state index contributed by atoms with van der Waals surface area (Å²) in [5.74, 6) is -0.456. The molecule has 1 aromatic rings. The van der Waals surface area contributed by atoms with Crippen LogP contribution in [0.1, 0.15) is 43.6 Å². The number of carbonyl (C=O) groups excluding carboxylic acids is 1. The van der Waals surface area contributed by atoms with Gasteiger partial charge in [-0.3, -0.25) is 0 Å². The molecule has 0 atom stereocenters.